The van der Waals surface area contributed by atoms with Crippen LogP contribution in [0.4, 0.5) is 5.69 Å². The molecule has 0 atom stereocenters. The molecule has 16 heavy (non-hydrogen) atoms. The molecule has 1 aliphatic heterocycles. The van der Waals surface area contributed by atoms with Gasteiger partial charge in [-0.2, -0.15) is 0 Å². The predicted molar refractivity (Wildman–Crippen MR) is 64.4 cm³/mol. The molecule has 1 aromatic carbocycles. The first-order valence-corrected chi connectivity index (χ1v) is 5.84. The molecule has 0 aromatic heterocycles. The highest BCUT2D eigenvalue weighted by Gasteiger charge is 2.19. The smallest absolute Gasteiger partial charge is 0.230 e. The van der Waals surface area contributed by atoms with Gasteiger partial charge in [-0.05, 0) is 24.1 Å². The summed E-state index contributed by atoms with van der Waals surface area (Å²) in [5, 5.41) is 0. The molecule has 1 heterocycles. The number of alkyl halides is 1. The highest BCUT2D eigenvalue weighted by atomic mass is 35.5. The molecular weight excluding hydrogens is 226 g/mol. The molecule has 0 radical (unpaired) electrons. The number of benzene rings is 1. The number of hydrogen-bond donors (Lipinski definition) is 0. The second-order valence-electron chi connectivity index (χ2n) is 3.79. The maximum atomic E-state index is 11.7. The van der Waals surface area contributed by atoms with Crippen molar-refractivity contribution in [2.45, 2.75) is 12.8 Å². The Hall–Kier alpha value is -1.22. The number of anilines is 1. The van der Waals surface area contributed by atoms with E-state index in [1.807, 2.05) is 18.2 Å². The summed E-state index contributed by atoms with van der Waals surface area (Å²) in [5.74, 6) is 1.44. The molecule has 0 spiro atoms. The van der Waals surface area contributed by atoms with E-state index in [0.717, 1.165) is 23.4 Å². The lowest BCUT2D eigenvalue weighted by molar-refractivity contribution is -0.118. The SMILES string of the molecule is CN1C(=O)CCOc2ccc(CCCl)cc21. The zero-order chi connectivity index (χ0) is 11.5. The quantitative estimate of drug-likeness (QED) is 0.741. The van der Waals surface area contributed by atoms with E-state index in [9.17, 15) is 4.79 Å². The van der Waals surface area contributed by atoms with Gasteiger partial charge in [0.15, 0.2) is 0 Å². The van der Waals surface area contributed by atoms with Gasteiger partial charge in [-0.3, -0.25) is 4.79 Å². The summed E-state index contributed by atoms with van der Waals surface area (Å²) in [6.45, 7) is 0.449. The van der Waals surface area contributed by atoms with Crippen molar-refractivity contribution in [1.82, 2.24) is 0 Å². The number of aryl methyl sites for hydroxylation is 1. The number of carbonyl (C=O) groups excluding carboxylic acids is 1. The Kier molecular flexibility index (Phi) is 3.34. The summed E-state index contributed by atoms with van der Waals surface area (Å²) in [5.41, 5.74) is 1.96. The van der Waals surface area contributed by atoms with Gasteiger partial charge in [0.1, 0.15) is 5.75 Å². The molecule has 0 saturated heterocycles. The zero-order valence-corrected chi connectivity index (χ0v) is 9.96. The van der Waals surface area contributed by atoms with Crippen molar-refractivity contribution in [1.29, 1.82) is 0 Å². The molecule has 3 nitrogen and oxygen atoms in total. The highest BCUT2D eigenvalue weighted by molar-refractivity contribution is 6.18. The van der Waals surface area contributed by atoms with Gasteiger partial charge in [0, 0.05) is 12.9 Å². The summed E-state index contributed by atoms with van der Waals surface area (Å²) >= 11 is 5.70. The minimum atomic E-state index is 0.0850. The Morgan fingerprint density at radius 2 is 2.31 bits per heavy atom. The first-order chi connectivity index (χ1) is 7.72. The standard InChI is InChI=1S/C12H14ClNO2/c1-14-10-8-9(4-6-13)2-3-11(10)16-7-5-12(14)15/h2-3,8H,4-7H2,1H3. The minimum Gasteiger partial charge on any atom is -0.491 e. The average Bonchev–Trinajstić information content (AvgIpc) is 2.42. The van der Waals surface area contributed by atoms with Crippen LogP contribution in [0.5, 0.6) is 5.75 Å². The van der Waals surface area contributed by atoms with Gasteiger partial charge in [-0.1, -0.05) is 6.07 Å². The fourth-order valence-electron chi connectivity index (χ4n) is 1.76. The lowest BCUT2D eigenvalue weighted by Crippen LogP contribution is -2.25. The van der Waals surface area contributed by atoms with Crippen LogP contribution in [0.3, 0.4) is 0 Å². The highest BCUT2D eigenvalue weighted by Crippen LogP contribution is 2.31. The Balaban J connectivity index is 2.38. The van der Waals surface area contributed by atoms with Crippen LogP contribution in [-0.2, 0) is 11.2 Å². The number of nitrogens with zero attached hydrogens (tertiary/aromatic N) is 1. The first-order valence-electron chi connectivity index (χ1n) is 5.30. The van der Waals surface area contributed by atoms with E-state index in [1.54, 1.807) is 11.9 Å². The first kappa shape index (κ1) is 11.3. The van der Waals surface area contributed by atoms with Crippen LogP contribution in [-0.4, -0.2) is 25.4 Å². The van der Waals surface area contributed by atoms with Gasteiger partial charge in [0.2, 0.25) is 5.91 Å². The van der Waals surface area contributed by atoms with Crippen LogP contribution in [0.1, 0.15) is 12.0 Å². The van der Waals surface area contributed by atoms with Crippen molar-refractivity contribution in [2.75, 3.05) is 24.4 Å². The minimum absolute atomic E-state index is 0.0850. The number of carbonyl (C=O) groups is 1. The van der Waals surface area contributed by atoms with E-state index in [-0.39, 0.29) is 5.91 Å². The van der Waals surface area contributed by atoms with E-state index >= 15 is 0 Å². The molecule has 86 valence electrons. The van der Waals surface area contributed by atoms with Crippen molar-refractivity contribution in [3.63, 3.8) is 0 Å². The molecular formula is C12H14ClNO2. The van der Waals surface area contributed by atoms with Gasteiger partial charge < -0.3 is 9.64 Å². The molecule has 2 rings (SSSR count). The van der Waals surface area contributed by atoms with Crippen molar-refractivity contribution >= 4 is 23.2 Å². The van der Waals surface area contributed by atoms with E-state index in [4.69, 9.17) is 16.3 Å². The number of amides is 1. The van der Waals surface area contributed by atoms with E-state index < -0.39 is 0 Å². The molecule has 1 aliphatic rings. The molecule has 0 unspecified atom stereocenters. The van der Waals surface area contributed by atoms with Crippen molar-refractivity contribution in [3.8, 4) is 5.75 Å². The monoisotopic (exact) mass is 239 g/mol. The van der Waals surface area contributed by atoms with Crippen molar-refractivity contribution in [3.05, 3.63) is 23.8 Å². The van der Waals surface area contributed by atoms with Crippen LogP contribution in [0.25, 0.3) is 0 Å². The molecule has 1 aromatic rings. The van der Waals surface area contributed by atoms with Crippen molar-refractivity contribution in [2.24, 2.45) is 0 Å². The average molecular weight is 240 g/mol. The Labute approximate surface area is 100.0 Å². The number of halogens is 1. The van der Waals surface area contributed by atoms with Gasteiger partial charge in [0.25, 0.3) is 0 Å². The van der Waals surface area contributed by atoms with Crippen LogP contribution in [0, 0.1) is 0 Å². The largest absolute Gasteiger partial charge is 0.491 e. The lowest BCUT2D eigenvalue weighted by Gasteiger charge is -2.17. The molecule has 0 saturated carbocycles. The van der Waals surface area contributed by atoms with E-state index in [2.05, 4.69) is 0 Å². The van der Waals surface area contributed by atoms with E-state index in [1.165, 1.54) is 0 Å². The van der Waals surface area contributed by atoms with Crippen LogP contribution in [0.15, 0.2) is 18.2 Å². The van der Waals surface area contributed by atoms with Gasteiger partial charge in [-0.25, -0.2) is 0 Å². The molecule has 1 amide bonds. The van der Waals surface area contributed by atoms with Gasteiger partial charge in [-0.15, -0.1) is 11.6 Å². The van der Waals surface area contributed by atoms with E-state index in [0.29, 0.717) is 18.9 Å². The van der Waals surface area contributed by atoms with Gasteiger partial charge >= 0.3 is 0 Å². The molecule has 0 fully saturated rings. The topological polar surface area (TPSA) is 29.5 Å². The van der Waals surface area contributed by atoms with Crippen molar-refractivity contribution < 1.29 is 9.53 Å². The fourth-order valence-corrected chi connectivity index (χ4v) is 1.98. The summed E-state index contributed by atoms with van der Waals surface area (Å²) in [6.07, 6.45) is 1.23. The summed E-state index contributed by atoms with van der Waals surface area (Å²) in [4.78, 5) is 13.3. The third-order valence-electron chi connectivity index (χ3n) is 2.72. The third kappa shape index (κ3) is 2.14. The van der Waals surface area contributed by atoms with Crippen LogP contribution >= 0.6 is 11.6 Å². The number of ether oxygens (including phenoxy) is 1. The zero-order valence-electron chi connectivity index (χ0n) is 9.20. The predicted octanol–water partition coefficient (Wildman–Crippen LogP) is 2.21. The summed E-state index contributed by atoms with van der Waals surface area (Å²) in [7, 11) is 1.78. The fraction of sp³-hybridized carbons (Fsp3) is 0.417. The number of fused-ring (bicyclic) bond motifs is 1. The summed E-state index contributed by atoms with van der Waals surface area (Å²) < 4.78 is 5.53. The molecule has 0 bridgehead atoms. The molecule has 4 heteroatoms. The van der Waals surface area contributed by atoms with Gasteiger partial charge in [0.05, 0.1) is 18.7 Å². The Morgan fingerprint density at radius 3 is 3.06 bits per heavy atom. The second-order valence-corrected chi connectivity index (χ2v) is 4.17. The van der Waals surface area contributed by atoms with Crippen LogP contribution in [0.2, 0.25) is 0 Å². The maximum absolute atomic E-state index is 11.7. The maximum Gasteiger partial charge on any atom is 0.230 e. The molecule has 0 N–H and O–H groups in total. The number of rotatable bonds is 2. The third-order valence-corrected chi connectivity index (χ3v) is 2.90. The Morgan fingerprint density at radius 1 is 1.50 bits per heavy atom. The Bertz CT molecular complexity index is 406. The normalized spacial score (nSPS) is 15.4. The molecule has 0 aliphatic carbocycles. The lowest BCUT2D eigenvalue weighted by atomic mass is 10.1. The number of hydrogen-bond acceptors (Lipinski definition) is 2. The summed E-state index contributed by atoms with van der Waals surface area (Å²) in [6, 6.07) is 5.87. The second kappa shape index (κ2) is 4.74. The van der Waals surface area contributed by atoms with Crippen LogP contribution < -0.4 is 9.64 Å².